The molecular formula is C47H72O15Si. The molecule has 0 heterocycles. The standard InChI is InChI=1S/C47H72O15Si/c1-46(2,3)44(51)37-20-24-39(25-21-37)55-33-35-58-42(49)18-12-9-15-29-61-63(7,60-28-14-8-11-17-41(48)57-32-31-54-6)62-30-16-10-13-19-43(50)59-36-34-56-40-26-22-38(23-27-40)45(52)47(4,5)53/h20-27,53H,8-19,28-36H2,1-7H3. The molecule has 0 radical (unpaired) electrons. The number of methoxy groups -OCH3 is 1. The van der Waals surface area contributed by atoms with Gasteiger partial charge in [0.25, 0.3) is 0 Å². The van der Waals surface area contributed by atoms with Gasteiger partial charge in [-0.2, -0.15) is 0 Å². The lowest BCUT2D eigenvalue weighted by molar-refractivity contribution is -0.145. The number of benzene rings is 2. The van der Waals surface area contributed by atoms with E-state index in [0.717, 1.165) is 25.7 Å². The van der Waals surface area contributed by atoms with Crippen molar-refractivity contribution in [3.8, 4) is 11.5 Å². The fraction of sp³-hybridized carbons (Fsp3) is 0.638. The second-order valence-corrected chi connectivity index (χ2v) is 19.3. The lowest BCUT2D eigenvalue weighted by Crippen LogP contribution is -2.43. The van der Waals surface area contributed by atoms with Crippen molar-refractivity contribution in [3.05, 3.63) is 59.7 Å². The molecular weight excluding hydrogens is 833 g/mol. The minimum atomic E-state index is -3.01. The molecule has 2 aromatic rings. The molecule has 354 valence electrons. The molecule has 0 aliphatic carbocycles. The van der Waals surface area contributed by atoms with Gasteiger partial charge in [0.15, 0.2) is 11.6 Å². The van der Waals surface area contributed by atoms with Gasteiger partial charge in [0.2, 0.25) is 0 Å². The Kier molecular flexibility index (Phi) is 26.2. The summed E-state index contributed by atoms with van der Waals surface area (Å²) >= 11 is 0. The first-order valence-corrected chi connectivity index (χ1v) is 24.3. The van der Waals surface area contributed by atoms with Gasteiger partial charge >= 0.3 is 26.7 Å². The molecule has 0 aliphatic heterocycles. The lowest BCUT2D eigenvalue weighted by atomic mass is 9.86. The number of carbonyl (C=O) groups is 5. The van der Waals surface area contributed by atoms with Crippen LogP contribution in [0.5, 0.6) is 11.5 Å². The zero-order valence-electron chi connectivity index (χ0n) is 38.6. The minimum absolute atomic E-state index is 0.0550. The summed E-state index contributed by atoms with van der Waals surface area (Å²) in [6.07, 6.45) is 7.18. The monoisotopic (exact) mass is 904 g/mol. The third-order valence-electron chi connectivity index (χ3n) is 9.42. The number of unbranched alkanes of at least 4 members (excludes halogenated alkanes) is 6. The van der Waals surface area contributed by atoms with Crippen molar-refractivity contribution >= 4 is 38.3 Å². The van der Waals surface area contributed by atoms with Crippen molar-refractivity contribution in [3.63, 3.8) is 0 Å². The zero-order valence-corrected chi connectivity index (χ0v) is 39.6. The molecule has 0 bridgehead atoms. The van der Waals surface area contributed by atoms with Gasteiger partial charge in [-0.1, -0.05) is 40.0 Å². The third kappa shape index (κ3) is 25.0. The van der Waals surface area contributed by atoms with E-state index in [0.29, 0.717) is 87.6 Å². The van der Waals surface area contributed by atoms with Crippen LogP contribution >= 0.6 is 0 Å². The summed E-state index contributed by atoms with van der Waals surface area (Å²) in [7, 11) is -1.46. The first-order valence-electron chi connectivity index (χ1n) is 22.1. The summed E-state index contributed by atoms with van der Waals surface area (Å²) in [5, 5.41) is 9.90. The highest BCUT2D eigenvalue weighted by Gasteiger charge is 2.34. The van der Waals surface area contributed by atoms with Crippen LogP contribution in [0.3, 0.4) is 0 Å². The number of hydrogen-bond acceptors (Lipinski definition) is 15. The van der Waals surface area contributed by atoms with E-state index in [1.807, 2.05) is 27.3 Å². The maximum absolute atomic E-state index is 12.4. The van der Waals surface area contributed by atoms with Crippen LogP contribution in [0, 0.1) is 5.41 Å². The van der Waals surface area contributed by atoms with Crippen molar-refractivity contribution in [2.45, 2.75) is 124 Å². The van der Waals surface area contributed by atoms with Gasteiger partial charge < -0.3 is 46.8 Å². The average Bonchev–Trinajstić information content (AvgIpc) is 3.24. The molecule has 0 amide bonds. The van der Waals surface area contributed by atoms with Crippen LogP contribution in [-0.4, -0.2) is 116 Å². The van der Waals surface area contributed by atoms with E-state index < -0.39 is 19.8 Å². The fourth-order valence-corrected chi connectivity index (χ4v) is 7.61. The number of carbonyl (C=O) groups excluding carboxylic acids is 5. The summed E-state index contributed by atoms with van der Waals surface area (Å²) in [5.74, 6) is -0.0917. The zero-order chi connectivity index (χ0) is 46.6. The number of rotatable bonds is 35. The highest BCUT2D eigenvalue weighted by Crippen LogP contribution is 2.23. The Labute approximate surface area is 375 Å². The van der Waals surface area contributed by atoms with E-state index in [1.165, 1.54) is 13.8 Å². The maximum atomic E-state index is 12.4. The second-order valence-electron chi connectivity index (χ2n) is 16.7. The van der Waals surface area contributed by atoms with Crippen LogP contribution in [0.25, 0.3) is 0 Å². The van der Waals surface area contributed by atoms with Crippen LogP contribution in [0.2, 0.25) is 6.55 Å². The van der Waals surface area contributed by atoms with Gasteiger partial charge in [0, 0.05) is 69.3 Å². The summed E-state index contributed by atoms with van der Waals surface area (Å²) in [5.41, 5.74) is -0.928. The van der Waals surface area contributed by atoms with Crippen molar-refractivity contribution in [1.82, 2.24) is 0 Å². The molecule has 1 unspecified atom stereocenters. The van der Waals surface area contributed by atoms with Crippen LogP contribution in [0.1, 0.15) is 132 Å². The molecule has 15 nitrogen and oxygen atoms in total. The number of hydrogen-bond donors (Lipinski definition) is 1. The summed E-state index contributed by atoms with van der Waals surface area (Å²) < 4.78 is 50.5. The van der Waals surface area contributed by atoms with E-state index >= 15 is 0 Å². The Morgan fingerprint density at radius 2 is 0.825 bits per heavy atom. The number of aliphatic hydroxyl groups is 1. The van der Waals surface area contributed by atoms with E-state index in [2.05, 4.69) is 0 Å². The molecule has 2 aromatic carbocycles. The number of ether oxygens (including phenoxy) is 6. The highest BCUT2D eigenvalue weighted by molar-refractivity contribution is 6.59. The topological polar surface area (TPSA) is 189 Å². The Morgan fingerprint density at radius 1 is 0.476 bits per heavy atom. The number of Topliss-reactive ketones (excluding diaryl/α,β-unsaturated/α-hetero) is 2. The number of ketones is 2. The maximum Gasteiger partial charge on any atom is 0.497 e. The Morgan fingerprint density at radius 3 is 1.16 bits per heavy atom. The molecule has 0 fully saturated rings. The molecule has 16 heteroatoms. The molecule has 63 heavy (non-hydrogen) atoms. The largest absolute Gasteiger partial charge is 0.497 e. The Bertz CT molecular complexity index is 1530. The molecule has 2 rings (SSSR count). The first kappa shape index (κ1) is 54.9. The smallest absolute Gasteiger partial charge is 0.490 e. The second kappa shape index (κ2) is 30.0. The number of esters is 3. The molecule has 0 spiro atoms. The van der Waals surface area contributed by atoms with Gasteiger partial charge in [0.05, 0.1) is 6.61 Å². The van der Waals surface area contributed by atoms with Crippen molar-refractivity contribution in [2.75, 3.05) is 66.6 Å². The van der Waals surface area contributed by atoms with E-state index in [4.69, 9.17) is 41.7 Å². The molecule has 0 saturated heterocycles. The lowest BCUT2D eigenvalue weighted by Gasteiger charge is -2.26. The third-order valence-corrected chi connectivity index (χ3v) is 11.6. The predicted octanol–water partition coefficient (Wildman–Crippen LogP) is 7.90. The van der Waals surface area contributed by atoms with Crippen LogP contribution in [0.15, 0.2) is 48.5 Å². The molecule has 1 atom stereocenters. The van der Waals surface area contributed by atoms with E-state index in [1.54, 1.807) is 55.6 Å². The van der Waals surface area contributed by atoms with Crippen molar-refractivity contribution in [1.29, 1.82) is 0 Å². The molecule has 0 saturated carbocycles. The van der Waals surface area contributed by atoms with E-state index in [-0.39, 0.29) is 75.4 Å². The molecule has 0 aromatic heterocycles. The molecule has 1 N–H and O–H groups in total. The fourth-order valence-electron chi connectivity index (χ4n) is 5.82. The van der Waals surface area contributed by atoms with Crippen LogP contribution < -0.4 is 9.47 Å². The van der Waals surface area contributed by atoms with Crippen molar-refractivity contribution in [2.24, 2.45) is 5.41 Å². The average molecular weight is 905 g/mol. The van der Waals surface area contributed by atoms with Gasteiger partial charge in [-0.15, -0.1) is 0 Å². The minimum Gasteiger partial charge on any atom is -0.490 e. The van der Waals surface area contributed by atoms with Crippen molar-refractivity contribution < 1.29 is 70.8 Å². The van der Waals surface area contributed by atoms with Gasteiger partial charge in [0.1, 0.15) is 50.1 Å². The normalized spacial score (nSPS) is 12.6. The first-order chi connectivity index (χ1) is 29.9. The molecule has 0 aliphatic rings. The van der Waals surface area contributed by atoms with Gasteiger partial charge in [-0.25, -0.2) is 0 Å². The Hall–Kier alpha value is -4.19. The SMILES string of the molecule is COCCOC(=O)CCCCCO[Si](C)(OCCCCCC(=O)OCCOc1ccc(C(=O)C(C)(C)C)cc1)OCCCCCC(=O)OCCOc1ccc(C(=O)C(C)(C)O)cc1. The van der Waals surface area contributed by atoms with Gasteiger partial charge in [-0.05, 0) is 101 Å². The Balaban J connectivity index is 1.66. The summed E-state index contributed by atoms with van der Waals surface area (Å²) in [6, 6.07) is 13.4. The van der Waals surface area contributed by atoms with Gasteiger partial charge in [-0.3, -0.25) is 24.0 Å². The highest BCUT2D eigenvalue weighted by atomic mass is 28.4. The van der Waals surface area contributed by atoms with Crippen LogP contribution in [-0.2, 0) is 46.6 Å². The van der Waals surface area contributed by atoms with E-state index in [9.17, 15) is 29.1 Å². The predicted molar refractivity (Wildman–Crippen MR) is 238 cm³/mol. The quantitative estimate of drug-likeness (QED) is 0.0231. The summed E-state index contributed by atoms with van der Waals surface area (Å²) in [6.45, 7) is 12.8. The van der Waals surface area contributed by atoms with Crippen LogP contribution in [0.4, 0.5) is 0 Å². The summed E-state index contributed by atoms with van der Waals surface area (Å²) in [4.78, 5) is 61.0.